The fourth-order valence-corrected chi connectivity index (χ4v) is 1.62. The molecule has 0 bridgehead atoms. The van der Waals surface area contributed by atoms with Gasteiger partial charge in [-0.2, -0.15) is 0 Å². The summed E-state index contributed by atoms with van der Waals surface area (Å²) in [5.41, 5.74) is 4.67. The highest BCUT2D eigenvalue weighted by Gasteiger charge is 2.40. The van der Waals surface area contributed by atoms with Crippen molar-refractivity contribution in [3.63, 3.8) is 0 Å². The molecule has 0 amide bonds. The van der Waals surface area contributed by atoms with Gasteiger partial charge in [0.05, 0.1) is 6.61 Å². The van der Waals surface area contributed by atoms with Crippen molar-refractivity contribution in [1.82, 2.24) is 4.90 Å². The van der Waals surface area contributed by atoms with Crippen molar-refractivity contribution in [2.24, 2.45) is 5.73 Å². The van der Waals surface area contributed by atoms with Crippen LogP contribution in [0.2, 0.25) is 0 Å². The Kier molecular flexibility index (Phi) is 3.86. The van der Waals surface area contributed by atoms with E-state index in [1.54, 1.807) is 0 Å². The van der Waals surface area contributed by atoms with Crippen LogP contribution in [-0.2, 0) is 9.53 Å². The van der Waals surface area contributed by atoms with Crippen molar-refractivity contribution in [2.45, 2.75) is 18.9 Å². The van der Waals surface area contributed by atoms with Gasteiger partial charge >= 0.3 is 5.97 Å². The average molecular weight is 202 g/mol. The molecule has 0 aromatic carbocycles. The summed E-state index contributed by atoms with van der Waals surface area (Å²) in [6, 6.07) is 0. The molecule has 82 valence electrons. The van der Waals surface area contributed by atoms with Crippen molar-refractivity contribution in [3.8, 4) is 0 Å². The molecule has 3 N–H and O–H groups in total. The first-order valence-electron chi connectivity index (χ1n) is 4.91. The molecule has 5 heteroatoms. The summed E-state index contributed by atoms with van der Waals surface area (Å²) in [4.78, 5) is 12.8. The molecule has 5 nitrogen and oxygen atoms in total. The van der Waals surface area contributed by atoms with E-state index in [2.05, 4.69) is 0 Å². The summed E-state index contributed by atoms with van der Waals surface area (Å²) < 4.78 is 5.19. The summed E-state index contributed by atoms with van der Waals surface area (Å²) >= 11 is 0. The molecule has 1 fully saturated rings. The van der Waals surface area contributed by atoms with E-state index in [-0.39, 0.29) is 0 Å². The molecular formula is C9H18N2O3. The van der Waals surface area contributed by atoms with Crippen LogP contribution in [0.15, 0.2) is 0 Å². The topological polar surface area (TPSA) is 75.8 Å². The summed E-state index contributed by atoms with van der Waals surface area (Å²) in [7, 11) is 0. The zero-order valence-electron chi connectivity index (χ0n) is 8.53. The Balaban J connectivity index is 2.30. The summed E-state index contributed by atoms with van der Waals surface area (Å²) in [5.74, 6) is -0.906. The van der Waals surface area contributed by atoms with Crippen LogP contribution in [0.25, 0.3) is 0 Å². The van der Waals surface area contributed by atoms with E-state index in [4.69, 9.17) is 15.6 Å². The highest BCUT2D eigenvalue weighted by Crippen LogP contribution is 2.18. The smallest absolute Gasteiger partial charge is 0.325 e. The minimum Gasteiger partial charge on any atom is -0.480 e. The second kappa shape index (κ2) is 4.72. The quantitative estimate of drug-likeness (QED) is 0.588. The number of hydrogen-bond donors (Lipinski definition) is 2. The maximum atomic E-state index is 10.8. The van der Waals surface area contributed by atoms with E-state index in [1.807, 2.05) is 11.8 Å². The third-order valence-corrected chi connectivity index (χ3v) is 2.56. The summed E-state index contributed by atoms with van der Waals surface area (Å²) in [6.07, 6.45) is 0.522. The van der Waals surface area contributed by atoms with Crippen LogP contribution in [0.1, 0.15) is 13.3 Å². The fourth-order valence-electron chi connectivity index (χ4n) is 1.62. The van der Waals surface area contributed by atoms with Gasteiger partial charge in [0.25, 0.3) is 0 Å². The fraction of sp³-hybridized carbons (Fsp3) is 0.889. The lowest BCUT2D eigenvalue weighted by Crippen LogP contribution is -2.50. The molecule has 0 aromatic rings. The predicted octanol–water partition coefficient (Wildman–Crippen LogP) is -0.489. The zero-order chi connectivity index (χ0) is 10.6. The number of nitrogens with two attached hydrogens (primary N) is 1. The Labute approximate surface area is 83.8 Å². The molecule has 1 aliphatic heterocycles. The van der Waals surface area contributed by atoms with E-state index in [9.17, 15) is 4.79 Å². The van der Waals surface area contributed by atoms with Crippen LogP contribution >= 0.6 is 0 Å². The Hall–Kier alpha value is -0.650. The molecule has 0 aliphatic carbocycles. The summed E-state index contributed by atoms with van der Waals surface area (Å²) in [6.45, 7) is 5.21. The number of ether oxygens (including phenoxy) is 1. The number of carboxylic acids is 1. The van der Waals surface area contributed by atoms with E-state index in [0.29, 0.717) is 26.2 Å². The second-order valence-corrected chi connectivity index (χ2v) is 3.68. The number of nitrogens with zero attached hydrogens (tertiary/aromatic N) is 1. The first-order valence-corrected chi connectivity index (χ1v) is 4.91. The SMILES string of the molecule is CCOCCN1CCC(N)(C(=O)O)C1. The number of aliphatic carboxylic acids is 1. The van der Waals surface area contributed by atoms with E-state index >= 15 is 0 Å². The molecule has 1 heterocycles. The Bertz CT molecular complexity index is 210. The maximum absolute atomic E-state index is 10.8. The van der Waals surface area contributed by atoms with Crippen LogP contribution in [0.3, 0.4) is 0 Å². The highest BCUT2D eigenvalue weighted by molar-refractivity contribution is 5.79. The molecule has 1 rings (SSSR count). The van der Waals surface area contributed by atoms with Gasteiger partial charge < -0.3 is 15.6 Å². The first kappa shape index (κ1) is 11.4. The van der Waals surface area contributed by atoms with Gasteiger partial charge in [-0.1, -0.05) is 0 Å². The number of carbonyl (C=O) groups is 1. The lowest BCUT2D eigenvalue weighted by molar-refractivity contribution is -0.142. The average Bonchev–Trinajstić information content (AvgIpc) is 2.50. The minimum absolute atomic E-state index is 0.426. The van der Waals surface area contributed by atoms with Gasteiger partial charge in [-0.15, -0.1) is 0 Å². The monoisotopic (exact) mass is 202 g/mol. The van der Waals surface area contributed by atoms with E-state index < -0.39 is 11.5 Å². The minimum atomic E-state index is -1.05. The molecule has 1 saturated heterocycles. The Morgan fingerprint density at radius 3 is 2.93 bits per heavy atom. The Morgan fingerprint density at radius 1 is 1.71 bits per heavy atom. The van der Waals surface area contributed by atoms with Crippen LogP contribution in [-0.4, -0.2) is 54.4 Å². The van der Waals surface area contributed by atoms with Gasteiger partial charge in [0.1, 0.15) is 5.54 Å². The van der Waals surface area contributed by atoms with Gasteiger partial charge in [-0.3, -0.25) is 9.69 Å². The van der Waals surface area contributed by atoms with Crippen molar-refractivity contribution in [3.05, 3.63) is 0 Å². The van der Waals surface area contributed by atoms with Crippen molar-refractivity contribution >= 4 is 5.97 Å². The molecule has 14 heavy (non-hydrogen) atoms. The first-order chi connectivity index (χ1) is 6.58. The zero-order valence-corrected chi connectivity index (χ0v) is 8.53. The van der Waals surface area contributed by atoms with Crippen molar-refractivity contribution in [2.75, 3.05) is 32.8 Å². The van der Waals surface area contributed by atoms with Crippen LogP contribution < -0.4 is 5.73 Å². The molecule has 0 spiro atoms. The molecule has 1 atom stereocenters. The van der Waals surface area contributed by atoms with Gasteiger partial charge in [-0.25, -0.2) is 0 Å². The van der Waals surface area contributed by atoms with E-state index in [0.717, 1.165) is 13.1 Å². The standard InChI is InChI=1S/C9H18N2O3/c1-2-14-6-5-11-4-3-9(10,7-11)8(12)13/h2-7,10H2,1H3,(H,12,13). The molecule has 1 aliphatic rings. The normalized spacial score (nSPS) is 28.1. The number of hydrogen-bond acceptors (Lipinski definition) is 4. The van der Waals surface area contributed by atoms with Crippen LogP contribution in [0, 0.1) is 0 Å². The molecule has 0 radical (unpaired) electrons. The Morgan fingerprint density at radius 2 is 2.43 bits per heavy atom. The molecular weight excluding hydrogens is 184 g/mol. The van der Waals surface area contributed by atoms with E-state index in [1.165, 1.54) is 0 Å². The number of carboxylic acid groups (broad SMARTS) is 1. The van der Waals surface area contributed by atoms with Gasteiger partial charge in [-0.05, 0) is 13.3 Å². The predicted molar refractivity (Wildman–Crippen MR) is 52.1 cm³/mol. The summed E-state index contributed by atoms with van der Waals surface area (Å²) in [5, 5.41) is 8.88. The van der Waals surface area contributed by atoms with Crippen molar-refractivity contribution < 1.29 is 14.6 Å². The third kappa shape index (κ3) is 2.67. The largest absolute Gasteiger partial charge is 0.480 e. The van der Waals surface area contributed by atoms with Gasteiger partial charge in [0.2, 0.25) is 0 Å². The van der Waals surface area contributed by atoms with Gasteiger partial charge in [0, 0.05) is 26.2 Å². The molecule has 0 saturated carbocycles. The number of likely N-dealkylation sites (tertiary alicyclic amines) is 1. The second-order valence-electron chi connectivity index (χ2n) is 3.68. The van der Waals surface area contributed by atoms with Crippen LogP contribution in [0.5, 0.6) is 0 Å². The molecule has 0 aromatic heterocycles. The van der Waals surface area contributed by atoms with Crippen LogP contribution in [0.4, 0.5) is 0 Å². The molecule has 1 unspecified atom stereocenters. The lowest BCUT2D eigenvalue weighted by atomic mass is 10.0. The maximum Gasteiger partial charge on any atom is 0.325 e. The third-order valence-electron chi connectivity index (χ3n) is 2.56. The lowest BCUT2D eigenvalue weighted by Gasteiger charge is -2.19. The van der Waals surface area contributed by atoms with Gasteiger partial charge in [0.15, 0.2) is 0 Å². The highest BCUT2D eigenvalue weighted by atomic mass is 16.5. The van der Waals surface area contributed by atoms with Crippen molar-refractivity contribution in [1.29, 1.82) is 0 Å². The number of rotatable bonds is 5.